The molecule has 0 saturated heterocycles. The molecule has 0 saturated carbocycles. The second-order valence-electron chi connectivity index (χ2n) is 6.90. The van der Waals surface area contributed by atoms with Gasteiger partial charge in [0.25, 0.3) is 0 Å². The van der Waals surface area contributed by atoms with Crippen LogP contribution in [0.1, 0.15) is 43.7 Å². The molecule has 0 amide bonds. The molecule has 0 bridgehead atoms. The number of carbonyl (C=O) groups excluding carboxylic acids is 1. The van der Waals surface area contributed by atoms with Crippen LogP contribution in [0.2, 0.25) is 0 Å². The topological polar surface area (TPSA) is 17.1 Å². The van der Waals surface area contributed by atoms with Gasteiger partial charge < -0.3 is 0 Å². The maximum absolute atomic E-state index is 13.1. The summed E-state index contributed by atoms with van der Waals surface area (Å²) in [6, 6.07) is 19.4. The molecule has 25 heavy (non-hydrogen) atoms. The van der Waals surface area contributed by atoms with Gasteiger partial charge in [0.15, 0.2) is 5.78 Å². The minimum Gasteiger partial charge on any atom is -0.289 e. The lowest BCUT2D eigenvalue weighted by molar-refractivity contribution is 0.103. The van der Waals surface area contributed by atoms with Crippen molar-refractivity contribution >= 4 is 5.78 Å². The Balaban J connectivity index is 2.20. The summed E-state index contributed by atoms with van der Waals surface area (Å²) >= 11 is 0. The Labute approximate surface area is 150 Å². The van der Waals surface area contributed by atoms with Gasteiger partial charge in [0.05, 0.1) is 0 Å². The van der Waals surface area contributed by atoms with Crippen molar-refractivity contribution in [1.82, 2.24) is 0 Å². The second-order valence-corrected chi connectivity index (χ2v) is 6.90. The highest BCUT2D eigenvalue weighted by Gasteiger charge is 2.18. The predicted octanol–water partition coefficient (Wildman–Crippen LogP) is 5.93. The third-order valence-corrected chi connectivity index (χ3v) is 4.58. The minimum absolute atomic E-state index is 0.0469. The summed E-state index contributed by atoms with van der Waals surface area (Å²) in [4.78, 5) is 13.1. The van der Waals surface area contributed by atoms with Crippen molar-refractivity contribution in [3.05, 3.63) is 93.5 Å². The van der Waals surface area contributed by atoms with E-state index in [1.165, 1.54) is 16.7 Å². The summed E-state index contributed by atoms with van der Waals surface area (Å²) in [6.07, 6.45) is 0. The molecule has 125 valence electrons. The van der Waals surface area contributed by atoms with Crippen LogP contribution in [0.5, 0.6) is 0 Å². The van der Waals surface area contributed by atoms with E-state index in [4.69, 9.17) is 0 Å². The zero-order valence-electron chi connectivity index (χ0n) is 15.5. The molecule has 1 heteroatoms. The number of rotatable bonds is 3. The fraction of sp³-hybridized carbons (Fsp3) is 0.208. The zero-order chi connectivity index (χ0) is 18.1. The molecule has 0 aliphatic carbocycles. The van der Waals surface area contributed by atoms with Crippen LogP contribution in [0.4, 0.5) is 0 Å². The number of hydrogen-bond donors (Lipinski definition) is 0. The van der Waals surface area contributed by atoms with E-state index in [2.05, 4.69) is 39.0 Å². The van der Waals surface area contributed by atoms with Gasteiger partial charge in [-0.1, -0.05) is 59.7 Å². The number of carbonyl (C=O) groups is 1. The molecular weight excluding hydrogens is 304 g/mol. The maximum atomic E-state index is 13.1. The van der Waals surface area contributed by atoms with Crippen LogP contribution in [-0.4, -0.2) is 5.78 Å². The number of benzene rings is 3. The minimum atomic E-state index is 0.0469. The Kier molecular flexibility index (Phi) is 4.59. The molecule has 0 unspecified atom stereocenters. The van der Waals surface area contributed by atoms with Gasteiger partial charge in [0, 0.05) is 16.7 Å². The smallest absolute Gasteiger partial charge is 0.193 e. The van der Waals surface area contributed by atoms with Crippen LogP contribution in [0.25, 0.3) is 11.1 Å². The molecule has 0 heterocycles. The standard InChI is InChI=1S/C24H23O/c1-15-6-9-20(10-7-15)24(25)21-11-8-16(2)14-22(21)23-18(4)12-17(3)13-19(23)5/h6-13H,1-5H3. The number of aryl methyl sites for hydroxylation is 5. The van der Waals surface area contributed by atoms with Crippen molar-refractivity contribution in [2.75, 3.05) is 0 Å². The molecule has 0 atom stereocenters. The van der Waals surface area contributed by atoms with E-state index in [1.807, 2.05) is 50.2 Å². The summed E-state index contributed by atoms with van der Waals surface area (Å²) < 4.78 is 0. The van der Waals surface area contributed by atoms with Crippen molar-refractivity contribution in [2.24, 2.45) is 0 Å². The summed E-state index contributed by atoms with van der Waals surface area (Å²) in [5, 5.41) is 0. The highest BCUT2D eigenvalue weighted by Crippen LogP contribution is 2.32. The summed E-state index contributed by atoms with van der Waals surface area (Å²) in [5.74, 6) is 0.0469. The van der Waals surface area contributed by atoms with E-state index in [9.17, 15) is 4.79 Å². The van der Waals surface area contributed by atoms with Crippen LogP contribution in [0.3, 0.4) is 0 Å². The average Bonchev–Trinajstić information content (AvgIpc) is 2.54. The molecule has 3 rings (SSSR count). The summed E-state index contributed by atoms with van der Waals surface area (Å²) in [6.45, 7) is 10.3. The van der Waals surface area contributed by atoms with Gasteiger partial charge in [0.1, 0.15) is 0 Å². The molecule has 1 nitrogen and oxygen atoms in total. The van der Waals surface area contributed by atoms with Gasteiger partial charge in [-0.2, -0.15) is 0 Å². The highest BCUT2D eigenvalue weighted by atomic mass is 16.1. The molecule has 0 aliphatic heterocycles. The third-order valence-electron chi connectivity index (χ3n) is 4.58. The van der Waals surface area contributed by atoms with Crippen molar-refractivity contribution in [3.8, 4) is 11.1 Å². The van der Waals surface area contributed by atoms with Crippen LogP contribution < -0.4 is 0 Å². The first kappa shape index (κ1) is 17.2. The van der Waals surface area contributed by atoms with E-state index in [-0.39, 0.29) is 5.78 Å². The molecule has 0 fully saturated rings. The molecule has 0 aromatic heterocycles. The first-order chi connectivity index (χ1) is 11.9. The predicted molar refractivity (Wildman–Crippen MR) is 104 cm³/mol. The van der Waals surface area contributed by atoms with Crippen molar-refractivity contribution in [2.45, 2.75) is 34.6 Å². The molecule has 0 N–H and O–H groups in total. The van der Waals surface area contributed by atoms with E-state index in [1.54, 1.807) is 0 Å². The Morgan fingerprint density at radius 1 is 0.760 bits per heavy atom. The first-order valence-corrected chi connectivity index (χ1v) is 8.59. The van der Waals surface area contributed by atoms with Crippen LogP contribution >= 0.6 is 0 Å². The monoisotopic (exact) mass is 327 g/mol. The van der Waals surface area contributed by atoms with Crippen LogP contribution in [-0.2, 0) is 0 Å². The number of ketones is 1. The SMILES string of the molecule is Cc1[c]c(-c2c(C)cc(C)cc2C)c(C(=O)c2ccc(C)cc2)cc1. The van der Waals surface area contributed by atoms with E-state index in [0.717, 1.165) is 22.3 Å². The molecular formula is C24H23O. The van der Waals surface area contributed by atoms with E-state index < -0.39 is 0 Å². The molecule has 1 radical (unpaired) electrons. The lowest BCUT2D eigenvalue weighted by Crippen LogP contribution is -2.05. The Bertz CT molecular complexity index is 923. The first-order valence-electron chi connectivity index (χ1n) is 8.59. The molecule has 0 aliphatic rings. The van der Waals surface area contributed by atoms with Crippen LogP contribution in [0, 0.1) is 40.7 Å². The average molecular weight is 327 g/mol. The van der Waals surface area contributed by atoms with E-state index in [0.29, 0.717) is 11.1 Å². The zero-order valence-corrected chi connectivity index (χ0v) is 15.5. The molecule has 3 aromatic rings. The van der Waals surface area contributed by atoms with Gasteiger partial charge in [-0.25, -0.2) is 0 Å². The van der Waals surface area contributed by atoms with Gasteiger partial charge in [-0.15, -0.1) is 0 Å². The quantitative estimate of drug-likeness (QED) is 0.545. The van der Waals surface area contributed by atoms with Gasteiger partial charge in [-0.05, 0) is 62.9 Å². The second kappa shape index (κ2) is 6.68. The normalized spacial score (nSPS) is 10.8. The van der Waals surface area contributed by atoms with Gasteiger partial charge in [-0.3, -0.25) is 4.79 Å². The lowest BCUT2D eigenvalue weighted by Gasteiger charge is -2.16. The summed E-state index contributed by atoms with van der Waals surface area (Å²) in [7, 11) is 0. The van der Waals surface area contributed by atoms with Gasteiger partial charge >= 0.3 is 0 Å². The molecule has 0 spiro atoms. The summed E-state index contributed by atoms with van der Waals surface area (Å²) in [5.41, 5.74) is 9.22. The fourth-order valence-electron chi connectivity index (χ4n) is 3.42. The Morgan fingerprint density at radius 3 is 1.96 bits per heavy atom. The molecule has 3 aromatic carbocycles. The van der Waals surface area contributed by atoms with E-state index >= 15 is 0 Å². The number of hydrogen-bond acceptors (Lipinski definition) is 1. The highest BCUT2D eigenvalue weighted by molar-refractivity contribution is 6.13. The Morgan fingerprint density at radius 2 is 1.36 bits per heavy atom. The van der Waals surface area contributed by atoms with Gasteiger partial charge in [0.2, 0.25) is 0 Å². The fourth-order valence-corrected chi connectivity index (χ4v) is 3.42. The maximum Gasteiger partial charge on any atom is 0.193 e. The van der Waals surface area contributed by atoms with Crippen molar-refractivity contribution < 1.29 is 4.79 Å². The van der Waals surface area contributed by atoms with Crippen LogP contribution in [0.15, 0.2) is 48.5 Å². The largest absolute Gasteiger partial charge is 0.289 e. The lowest BCUT2D eigenvalue weighted by atomic mass is 9.87. The van der Waals surface area contributed by atoms with Crippen molar-refractivity contribution in [3.63, 3.8) is 0 Å². The third kappa shape index (κ3) is 3.41. The van der Waals surface area contributed by atoms with Crippen molar-refractivity contribution in [1.29, 1.82) is 0 Å². The Hall–Kier alpha value is -2.67.